The van der Waals surface area contributed by atoms with E-state index in [-0.39, 0.29) is 5.91 Å². The number of anilines is 1. The van der Waals surface area contributed by atoms with E-state index in [0.717, 1.165) is 44.7 Å². The van der Waals surface area contributed by atoms with E-state index in [1.54, 1.807) is 0 Å². The third-order valence-corrected chi connectivity index (χ3v) is 6.87. The topological polar surface area (TPSA) is 60.5 Å². The molecule has 3 aliphatic rings. The number of carbonyl (C=O) groups is 1. The van der Waals surface area contributed by atoms with Crippen molar-refractivity contribution in [3.05, 3.63) is 58.9 Å². The number of piperazine rings is 1. The van der Waals surface area contributed by atoms with E-state index in [9.17, 15) is 4.79 Å². The van der Waals surface area contributed by atoms with Crippen LogP contribution in [0, 0.1) is 0 Å². The van der Waals surface area contributed by atoms with E-state index in [4.69, 9.17) is 4.98 Å². The maximum atomic E-state index is 12.5. The summed E-state index contributed by atoms with van der Waals surface area (Å²) in [6.07, 6.45) is 6.42. The van der Waals surface area contributed by atoms with E-state index in [2.05, 4.69) is 52.9 Å². The van der Waals surface area contributed by atoms with Crippen LogP contribution in [0.3, 0.4) is 0 Å². The van der Waals surface area contributed by atoms with E-state index >= 15 is 0 Å². The average molecular weight is 406 g/mol. The molecule has 1 aromatic heterocycles. The average Bonchev–Trinajstić information content (AvgIpc) is 2.79. The molecule has 30 heavy (non-hydrogen) atoms. The van der Waals surface area contributed by atoms with E-state index in [1.165, 1.54) is 35.2 Å². The van der Waals surface area contributed by atoms with E-state index in [0.29, 0.717) is 18.6 Å². The molecule has 0 radical (unpaired) electrons. The van der Waals surface area contributed by atoms with Gasteiger partial charge in [0, 0.05) is 44.1 Å². The molecule has 1 saturated heterocycles. The molecule has 1 aliphatic carbocycles. The fraction of sp³-hybridized carbons (Fsp3) is 0.500. The lowest BCUT2D eigenvalue weighted by Crippen LogP contribution is -2.49. The van der Waals surface area contributed by atoms with Crippen LogP contribution in [0.25, 0.3) is 0 Å². The van der Waals surface area contributed by atoms with E-state index in [1.807, 2.05) is 11.1 Å². The summed E-state index contributed by atoms with van der Waals surface area (Å²) >= 11 is 0. The molecule has 1 aromatic carbocycles. The van der Waals surface area contributed by atoms with Gasteiger partial charge in [-0.3, -0.25) is 14.7 Å². The first-order chi connectivity index (χ1) is 14.7. The van der Waals surface area contributed by atoms with Crippen molar-refractivity contribution in [1.29, 1.82) is 0 Å². The van der Waals surface area contributed by atoms with Crippen molar-refractivity contribution >= 4 is 11.6 Å². The van der Waals surface area contributed by atoms with Crippen LogP contribution in [0.5, 0.6) is 0 Å². The number of pyridine rings is 1. The van der Waals surface area contributed by atoms with Crippen molar-refractivity contribution in [1.82, 2.24) is 20.5 Å². The Hall–Kier alpha value is -2.28. The van der Waals surface area contributed by atoms with Crippen molar-refractivity contribution in [2.75, 3.05) is 38.1 Å². The first-order valence-electron chi connectivity index (χ1n) is 11.2. The van der Waals surface area contributed by atoms with Gasteiger partial charge in [-0.1, -0.05) is 18.2 Å². The van der Waals surface area contributed by atoms with Gasteiger partial charge >= 0.3 is 0 Å². The summed E-state index contributed by atoms with van der Waals surface area (Å²) in [5.74, 6) is 0.173. The monoisotopic (exact) mass is 405 g/mol. The Morgan fingerprint density at radius 3 is 3.00 bits per heavy atom. The molecular formula is C24H31N5O. The van der Waals surface area contributed by atoms with Gasteiger partial charge in [-0.2, -0.15) is 0 Å². The van der Waals surface area contributed by atoms with E-state index < -0.39 is 0 Å². The molecule has 0 spiro atoms. The number of aryl methyl sites for hydroxylation is 1. The van der Waals surface area contributed by atoms with Gasteiger partial charge in [0.25, 0.3) is 0 Å². The van der Waals surface area contributed by atoms with Gasteiger partial charge in [-0.15, -0.1) is 0 Å². The molecule has 6 heteroatoms. The Morgan fingerprint density at radius 1 is 1.20 bits per heavy atom. The number of fused-ring (bicyclic) bond motifs is 2. The van der Waals surface area contributed by atoms with Crippen LogP contribution in [0.1, 0.15) is 41.3 Å². The van der Waals surface area contributed by atoms with Crippen LogP contribution >= 0.6 is 0 Å². The maximum Gasteiger partial charge on any atom is 0.240 e. The van der Waals surface area contributed by atoms with Crippen molar-refractivity contribution in [3.63, 3.8) is 0 Å². The van der Waals surface area contributed by atoms with Crippen LogP contribution in [-0.4, -0.2) is 55.1 Å². The summed E-state index contributed by atoms with van der Waals surface area (Å²) in [5, 5.41) is 6.91. The molecule has 5 rings (SSSR count). The van der Waals surface area contributed by atoms with Gasteiger partial charge in [0.1, 0.15) is 0 Å². The molecule has 3 heterocycles. The zero-order chi connectivity index (χ0) is 20.5. The van der Waals surface area contributed by atoms with Gasteiger partial charge in [0.05, 0.1) is 18.3 Å². The third-order valence-electron chi connectivity index (χ3n) is 6.87. The minimum absolute atomic E-state index is 0.173. The first kappa shape index (κ1) is 19.7. The molecule has 2 atom stereocenters. The second-order valence-corrected chi connectivity index (χ2v) is 8.81. The standard InChI is InChI=1S/C24H31N5O/c1-28(22-9-2-5-17-7-4-10-26-24(17)22)16-19-13-20-18(14-27-19)6-3-8-21(20)29-12-11-25-15-23(29)30/h3-4,6-8,10,19,22,25,27H,2,5,9,11-16H2,1H3/t19-,22-/m0/s1. The number of rotatable bonds is 4. The quantitative estimate of drug-likeness (QED) is 0.815. The number of benzene rings is 1. The summed E-state index contributed by atoms with van der Waals surface area (Å²) in [6, 6.07) is 11.4. The molecule has 1 amide bonds. The predicted octanol–water partition coefficient (Wildman–Crippen LogP) is 2.04. The zero-order valence-electron chi connectivity index (χ0n) is 17.7. The molecule has 0 saturated carbocycles. The summed E-state index contributed by atoms with van der Waals surface area (Å²) in [6.45, 7) is 3.87. The highest BCUT2D eigenvalue weighted by Gasteiger charge is 2.30. The summed E-state index contributed by atoms with van der Waals surface area (Å²) in [7, 11) is 2.23. The second kappa shape index (κ2) is 8.46. The lowest BCUT2D eigenvalue weighted by molar-refractivity contribution is -0.118. The summed E-state index contributed by atoms with van der Waals surface area (Å²) < 4.78 is 0. The van der Waals surface area contributed by atoms with Crippen LogP contribution in [0.4, 0.5) is 5.69 Å². The molecule has 158 valence electrons. The number of amides is 1. The highest BCUT2D eigenvalue weighted by molar-refractivity contribution is 5.96. The fourth-order valence-electron chi connectivity index (χ4n) is 5.33. The number of aromatic nitrogens is 1. The van der Waals surface area contributed by atoms with Gasteiger partial charge in [0.15, 0.2) is 0 Å². The smallest absolute Gasteiger partial charge is 0.240 e. The van der Waals surface area contributed by atoms with Crippen molar-refractivity contribution in [2.24, 2.45) is 0 Å². The number of hydrogen-bond acceptors (Lipinski definition) is 5. The van der Waals surface area contributed by atoms with Crippen molar-refractivity contribution < 1.29 is 4.79 Å². The van der Waals surface area contributed by atoms with Gasteiger partial charge in [0.2, 0.25) is 5.91 Å². The lowest BCUT2D eigenvalue weighted by Gasteiger charge is -2.37. The summed E-state index contributed by atoms with van der Waals surface area (Å²) in [4.78, 5) is 21.7. The molecule has 2 N–H and O–H groups in total. The minimum Gasteiger partial charge on any atom is -0.310 e. The van der Waals surface area contributed by atoms with Crippen LogP contribution in [0.15, 0.2) is 36.5 Å². The molecule has 6 nitrogen and oxygen atoms in total. The third kappa shape index (κ3) is 3.75. The van der Waals surface area contributed by atoms with Crippen molar-refractivity contribution in [3.8, 4) is 0 Å². The maximum absolute atomic E-state index is 12.5. The Labute approximate surface area is 178 Å². The number of nitrogens with one attached hydrogen (secondary N) is 2. The Bertz CT molecular complexity index is 930. The lowest BCUT2D eigenvalue weighted by atomic mass is 9.89. The Morgan fingerprint density at radius 2 is 2.10 bits per heavy atom. The Kier molecular flexibility index (Phi) is 5.54. The molecule has 2 aliphatic heterocycles. The second-order valence-electron chi connectivity index (χ2n) is 8.81. The number of hydrogen-bond donors (Lipinski definition) is 2. The van der Waals surface area contributed by atoms with Crippen LogP contribution < -0.4 is 15.5 Å². The first-order valence-corrected chi connectivity index (χ1v) is 11.2. The summed E-state index contributed by atoms with van der Waals surface area (Å²) in [5.41, 5.74) is 6.43. The van der Waals surface area contributed by atoms with Crippen molar-refractivity contribution in [2.45, 2.75) is 44.3 Å². The molecular weight excluding hydrogens is 374 g/mol. The Balaban J connectivity index is 1.33. The van der Waals surface area contributed by atoms with Crippen LogP contribution in [-0.2, 0) is 24.2 Å². The highest BCUT2D eigenvalue weighted by Crippen LogP contribution is 2.33. The number of carbonyl (C=O) groups excluding carboxylic acids is 1. The van der Waals surface area contributed by atoms with Crippen LogP contribution in [0.2, 0.25) is 0 Å². The zero-order valence-corrected chi connectivity index (χ0v) is 17.7. The normalized spacial score (nSPS) is 23.9. The van der Waals surface area contributed by atoms with Gasteiger partial charge in [-0.25, -0.2) is 0 Å². The highest BCUT2D eigenvalue weighted by atomic mass is 16.2. The largest absolute Gasteiger partial charge is 0.310 e. The molecule has 1 fully saturated rings. The SMILES string of the molecule is CN(C[C@@H]1Cc2c(cccc2N2CCNCC2=O)CN1)[C@H]1CCCc2cccnc21. The molecule has 0 unspecified atom stereocenters. The van der Waals surface area contributed by atoms with Gasteiger partial charge in [-0.05, 0) is 61.6 Å². The minimum atomic E-state index is 0.173. The fourth-order valence-corrected chi connectivity index (χ4v) is 5.33. The number of nitrogens with zero attached hydrogens (tertiary/aromatic N) is 3. The molecule has 2 aromatic rings. The van der Waals surface area contributed by atoms with Gasteiger partial charge < -0.3 is 15.5 Å². The number of likely N-dealkylation sites (N-methyl/N-ethyl adjacent to an activating group) is 1. The predicted molar refractivity (Wildman–Crippen MR) is 119 cm³/mol. The molecule has 0 bridgehead atoms.